The van der Waals surface area contributed by atoms with Crippen LogP contribution >= 0.6 is 0 Å². The first kappa shape index (κ1) is 7.09. The Balaban J connectivity index is 3.09. The summed E-state index contributed by atoms with van der Waals surface area (Å²) in [5.74, 6) is 0. The van der Waals surface area contributed by atoms with Crippen molar-refractivity contribution in [3.8, 4) is 0 Å². The molecule has 0 aliphatic rings. The molecule has 0 spiro atoms. The summed E-state index contributed by atoms with van der Waals surface area (Å²) in [6.07, 6.45) is 1.96. The lowest BCUT2D eigenvalue weighted by Gasteiger charge is -1.94. The monoisotopic (exact) mass is 163 g/mol. The lowest BCUT2D eigenvalue weighted by Crippen LogP contribution is -2.14. The van der Waals surface area contributed by atoms with E-state index in [2.05, 4.69) is 19.7 Å². The third-order valence-electron chi connectivity index (χ3n) is 0.719. The average Bonchev–Trinajstić information content (AvgIpc) is 2.38. The van der Waals surface area contributed by atoms with Gasteiger partial charge >= 0.3 is 10.3 Å². The van der Waals surface area contributed by atoms with Gasteiger partial charge in [-0.05, 0) is 10.4 Å². The highest BCUT2D eigenvalue weighted by Gasteiger charge is 2.12. The van der Waals surface area contributed by atoms with E-state index in [4.69, 9.17) is 0 Å². The van der Waals surface area contributed by atoms with Gasteiger partial charge in [0, 0.05) is 0 Å². The number of aromatic nitrogens is 4. The summed E-state index contributed by atoms with van der Waals surface area (Å²) in [5.41, 5.74) is 0. The lowest BCUT2D eigenvalue weighted by molar-refractivity contribution is 0.384. The molecule has 0 saturated carbocycles. The summed E-state index contributed by atoms with van der Waals surface area (Å²) in [7, 11) is -2.83. The van der Waals surface area contributed by atoms with E-state index in [1.165, 1.54) is 0 Å². The van der Waals surface area contributed by atoms with E-state index in [0.29, 0.717) is 4.09 Å². The van der Waals surface area contributed by atoms with E-state index in [0.717, 1.165) is 7.11 Å². The zero-order valence-corrected chi connectivity index (χ0v) is 5.74. The summed E-state index contributed by atoms with van der Waals surface area (Å²) in [6.45, 7) is 0. The van der Waals surface area contributed by atoms with Crippen molar-refractivity contribution in [3.05, 3.63) is 6.33 Å². The van der Waals surface area contributed by atoms with Crippen LogP contribution in [0.5, 0.6) is 0 Å². The van der Waals surface area contributed by atoms with Gasteiger partial charge in [0.15, 0.2) is 0 Å². The molecule has 0 unspecified atom stereocenters. The third kappa shape index (κ3) is 1.11. The van der Waals surface area contributed by atoms with E-state index in [-0.39, 0.29) is 0 Å². The van der Waals surface area contributed by atoms with Gasteiger partial charge in [0.05, 0.1) is 7.11 Å². The molecule has 7 nitrogen and oxygen atoms in total. The van der Waals surface area contributed by atoms with Crippen molar-refractivity contribution in [2.45, 2.75) is 0 Å². The molecule has 1 aromatic rings. The van der Waals surface area contributed by atoms with Crippen molar-refractivity contribution in [1.29, 1.82) is 0 Å². The third-order valence-corrected chi connectivity index (χ3v) is 1.72. The molecule has 0 atom stereocenters. The van der Waals surface area contributed by atoms with Crippen LogP contribution in [0.25, 0.3) is 0 Å². The lowest BCUT2D eigenvalue weighted by atomic mass is 11.4. The predicted octanol–water partition coefficient (Wildman–Crippen LogP) is -1.79. The molecule has 0 aromatic carbocycles. The zero-order valence-electron chi connectivity index (χ0n) is 4.92. The predicted molar refractivity (Wildman–Crippen MR) is 28.0 cm³/mol. The van der Waals surface area contributed by atoms with Gasteiger partial charge in [0.25, 0.3) is 0 Å². The van der Waals surface area contributed by atoms with Gasteiger partial charge in [-0.15, -0.1) is 5.10 Å². The molecule has 0 aliphatic carbocycles. The molecule has 10 heavy (non-hydrogen) atoms. The topological polar surface area (TPSA) is 87.0 Å². The zero-order chi connectivity index (χ0) is 7.61. The van der Waals surface area contributed by atoms with Gasteiger partial charge in [-0.1, -0.05) is 4.09 Å². The highest BCUT2D eigenvalue weighted by atomic mass is 32.2. The van der Waals surface area contributed by atoms with Crippen LogP contribution in [0.4, 0.5) is 0 Å². The molecule has 0 fully saturated rings. The normalized spacial score (nSPS) is 11.7. The minimum absolute atomic E-state index is 0.396. The number of hydrogen-bond donors (Lipinski definition) is 0. The van der Waals surface area contributed by atoms with Crippen LogP contribution < -0.4 is 0 Å². The minimum Gasteiger partial charge on any atom is -0.256 e. The molecule has 0 saturated heterocycles. The quantitative estimate of drug-likeness (QED) is 0.511. The maximum atomic E-state index is 10.6. The number of nitrogens with zero attached hydrogens (tertiary/aromatic N) is 4. The Kier molecular flexibility index (Phi) is 1.64. The maximum absolute atomic E-state index is 10.6. The van der Waals surface area contributed by atoms with Gasteiger partial charge < -0.3 is 0 Å². The van der Waals surface area contributed by atoms with Crippen molar-refractivity contribution in [1.82, 2.24) is 19.6 Å². The van der Waals surface area contributed by atoms with Gasteiger partial charge in [-0.25, -0.2) is 0 Å². The van der Waals surface area contributed by atoms with Crippen molar-refractivity contribution >= 4 is 10.3 Å². The van der Waals surface area contributed by atoms with E-state index in [1.807, 2.05) is 6.33 Å². The Morgan fingerprint density at radius 2 is 2.30 bits per heavy atom. The van der Waals surface area contributed by atoms with Crippen LogP contribution in [-0.4, -0.2) is 35.1 Å². The molecular weight excluding hydrogens is 160 g/mol. The fourth-order valence-electron chi connectivity index (χ4n) is 0.300. The largest absolute Gasteiger partial charge is 0.384 e. The highest BCUT2D eigenvalue weighted by molar-refractivity contribution is 7.85. The molecule has 0 amide bonds. The summed E-state index contributed by atoms with van der Waals surface area (Å²) in [5, 5.41) is 9.08. The number of rotatable bonds is 2. The summed E-state index contributed by atoms with van der Waals surface area (Å²) >= 11 is 0. The Hall–Kier alpha value is -1.02. The second kappa shape index (κ2) is 2.31. The Bertz CT molecular complexity index is 288. The first-order valence-electron chi connectivity index (χ1n) is 2.14. The van der Waals surface area contributed by atoms with Crippen molar-refractivity contribution < 1.29 is 12.6 Å². The molecule has 0 N–H and O–H groups in total. The molecule has 1 radical (unpaired) electrons. The standard InChI is InChI=1S/C2H3N4O3S/c1-9-10(7,8)6-2-3-4-5-6/h1H3. The van der Waals surface area contributed by atoms with Gasteiger partial charge in [0.2, 0.25) is 6.33 Å². The molecule has 1 rings (SSSR count). The molecule has 1 aromatic heterocycles. The fourth-order valence-corrected chi connectivity index (χ4v) is 0.700. The molecule has 8 heteroatoms. The second-order valence-electron chi connectivity index (χ2n) is 1.25. The molecule has 0 aliphatic heterocycles. The Morgan fingerprint density at radius 3 is 2.70 bits per heavy atom. The Morgan fingerprint density at radius 1 is 1.60 bits per heavy atom. The van der Waals surface area contributed by atoms with E-state index in [9.17, 15) is 8.42 Å². The van der Waals surface area contributed by atoms with Crippen LogP contribution in [0.1, 0.15) is 0 Å². The smallest absolute Gasteiger partial charge is 0.256 e. The van der Waals surface area contributed by atoms with Gasteiger partial charge in [-0.2, -0.15) is 8.42 Å². The van der Waals surface area contributed by atoms with E-state index in [1.54, 1.807) is 0 Å². The first-order valence-corrected chi connectivity index (χ1v) is 3.50. The summed E-state index contributed by atoms with van der Waals surface area (Å²) in [6, 6.07) is 0. The van der Waals surface area contributed by atoms with Crippen LogP contribution in [0.15, 0.2) is 0 Å². The molecule has 1 heterocycles. The number of hydrogen-bond acceptors (Lipinski definition) is 6. The molecule has 0 bridgehead atoms. The minimum atomic E-state index is -3.83. The fraction of sp³-hybridized carbons (Fsp3) is 0.500. The van der Waals surface area contributed by atoms with Crippen molar-refractivity contribution in [3.63, 3.8) is 0 Å². The van der Waals surface area contributed by atoms with Crippen LogP contribution in [0.2, 0.25) is 0 Å². The summed E-state index contributed by atoms with van der Waals surface area (Å²) < 4.78 is 25.7. The highest BCUT2D eigenvalue weighted by Crippen LogP contribution is 1.89. The summed E-state index contributed by atoms with van der Waals surface area (Å²) in [4.78, 5) is 0. The molecular formula is C2H3N4O3S. The molecule has 55 valence electrons. The SMILES string of the molecule is COS(=O)(=O)n1[c]nnn1. The second-order valence-corrected chi connectivity index (χ2v) is 2.78. The average molecular weight is 163 g/mol. The van der Waals surface area contributed by atoms with Crippen LogP contribution in [0, 0.1) is 6.33 Å². The van der Waals surface area contributed by atoms with Crippen molar-refractivity contribution in [2.24, 2.45) is 0 Å². The maximum Gasteiger partial charge on any atom is 0.384 e. The number of tetrazole rings is 1. The van der Waals surface area contributed by atoms with E-state index >= 15 is 0 Å². The Labute approximate surface area is 56.9 Å². The van der Waals surface area contributed by atoms with Crippen molar-refractivity contribution in [2.75, 3.05) is 7.11 Å². The van der Waals surface area contributed by atoms with Gasteiger partial charge in [0.1, 0.15) is 0 Å². The van der Waals surface area contributed by atoms with E-state index < -0.39 is 10.3 Å². The van der Waals surface area contributed by atoms with Crippen LogP contribution in [0.3, 0.4) is 0 Å². The first-order chi connectivity index (χ1) is 4.67. The van der Waals surface area contributed by atoms with Gasteiger partial charge in [-0.3, -0.25) is 4.18 Å². The van der Waals surface area contributed by atoms with Crippen LogP contribution in [-0.2, 0) is 14.5 Å².